The Morgan fingerprint density at radius 3 is 2.38 bits per heavy atom. The molecule has 2 aromatic carbocycles. The normalized spacial score (nSPS) is 11.7. The van der Waals surface area contributed by atoms with Crippen LogP contribution >= 0.6 is 0 Å². The molecule has 1 unspecified atom stereocenters. The molecule has 0 fully saturated rings. The Labute approximate surface area is 197 Å². The Morgan fingerprint density at radius 2 is 1.68 bits per heavy atom. The molecule has 2 heterocycles. The average Bonchev–Trinajstić information content (AvgIpc) is 2.89. The molecule has 0 spiro atoms. The summed E-state index contributed by atoms with van der Waals surface area (Å²) < 4.78 is 12.1. The summed E-state index contributed by atoms with van der Waals surface area (Å²) in [6.07, 6.45) is 5.68. The third-order valence-electron chi connectivity index (χ3n) is 5.61. The molecule has 0 aliphatic heterocycles. The number of carbonyl (C=O) groups excluding carboxylic acids is 1. The standard InChI is InChI=1S/C26H26N4O4/c1-33-22-15-20-21(16-23(22)34-2)28-17-30(26(20)32)14-6-9-24(31)29-25(18-7-4-3-5-8-18)19-10-12-27-13-11-19/h3-5,7-8,10-13,15-17,25H,6,9,14H2,1-2H3,(H,29,31). The molecule has 2 aromatic heterocycles. The van der Waals surface area contributed by atoms with Crippen LogP contribution < -0.4 is 20.3 Å². The first-order valence-electron chi connectivity index (χ1n) is 11.0. The number of pyridine rings is 1. The van der Waals surface area contributed by atoms with Crippen LogP contribution in [0.15, 0.2) is 78.1 Å². The topological polar surface area (TPSA) is 95.3 Å². The van der Waals surface area contributed by atoms with Crippen molar-refractivity contribution in [3.05, 3.63) is 94.8 Å². The van der Waals surface area contributed by atoms with Crippen molar-refractivity contribution >= 4 is 16.8 Å². The van der Waals surface area contributed by atoms with E-state index in [-0.39, 0.29) is 23.9 Å². The van der Waals surface area contributed by atoms with Gasteiger partial charge < -0.3 is 14.8 Å². The maximum absolute atomic E-state index is 12.9. The number of fused-ring (bicyclic) bond motifs is 1. The van der Waals surface area contributed by atoms with Crippen LogP contribution in [0.2, 0.25) is 0 Å². The lowest BCUT2D eigenvalue weighted by Crippen LogP contribution is -2.29. The van der Waals surface area contributed by atoms with Crippen LogP contribution in [0, 0.1) is 0 Å². The number of benzene rings is 2. The zero-order valence-electron chi connectivity index (χ0n) is 19.1. The van der Waals surface area contributed by atoms with Crippen molar-refractivity contribution in [3.8, 4) is 11.5 Å². The summed E-state index contributed by atoms with van der Waals surface area (Å²) in [5.74, 6) is 0.881. The van der Waals surface area contributed by atoms with E-state index in [9.17, 15) is 9.59 Å². The van der Waals surface area contributed by atoms with Gasteiger partial charge in [0.25, 0.3) is 5.56 Å². The predicted molar refractivity (Wildman–Crippen MR) is 129 cm³/mol. The van der Waals surface area contributed by atoms with Crippen molar-refractivity contribution in [1.29, 1.82) is 0 Å². The number of hydrogen-bond acceptors (Lipinski definition) is 6. The number of amides is 1. The Balaban J connectivity index is 1.45. The van der Waals surface area contributed by atoms with Gasteiger partial charge in [0.2, 0.25) is 5.91 Å². The molecule has 0 saturated heterocycles. The van der Waals surface area contributed by atoms with Crippen molar-refractivity contribution in [2.75, 3.05) is 14.2 Å². The van der Waals surface area contributed by atoms with Crippen LogP contribution in [0.3, 0.4) is 0 Å². The van der Waals surface area contributed by atoms with Crippen LogP contribution in [-0.2, 0) is 11.3 Å². The minimum Gasteiger partial charge on any atom is -0.493 e. The van der Waals surface area contributed by atoms with Crippen molar-refractivity contribution in [3.63, 3.8) is 0 Å². The van der Waals surface area contributed by atoms with E-state index >= 15 is 0 Å². The molecule has 8 nitrogen and oxygen atoms in total. The number of nitrogens with one attached hydrogen (secondary N) is 1. The number of methoxy groups -OCH3 is 2. The largest absolute Gasteiger partial charge is 0.493 e. The monoisotopic (exact) mass is 458 g/mol. The second kappa shape index (κ2) is 10.6. The van der Waals surface area contributed by atoms with E-state index < -0.39 is 0 Å². The van der Waals surface area contributed by atoms with Crippen LogP contribution in [0.1, 0.15) is 30.0 Å². The number of hydrogen-bond donors (Lipinski definition) is 1. The van der Waals surface area contributed by atoms with Gasteiger partial charge >= 0.3 is 0 Å². The molecule has 4 rings (SSSR count). The molecule has 0 radical (unpaired) electrons. The van der Waals surface area contributed by atoms with Crippen LogP contribution in [0.4, 0.5) is 0 Å². The van der Waals surface area contributed by atoms with Gasteiger partial charge in [0.1, 0.15) is 0 Å². The summed E-state index contributed by atoms with van der Waals surface area (Å²) in [7, 11) is 3.05. The molecule has 1 amide bonds. The Morgan fingerprint density at radius 1 is 1.00 bits per heavy atom. The molecular formula is C26H26N4O4. The first-order valence-corrected chi connectivity index (χ1v) is 11.0. The fraction of sp³-hybridized carbons (Fsp3) is 0.231. The fourth-order valence-electron chi connectivity index (χ4n) is 3.85. The fourth-order valence-corrected chi connectivity index (χ4v) is 3.85. The third-order valence-corrected chi connectivity index (χ3v) is 5.61. The minimum absolute atomic E-state index is 0.0983. The van der Waals surface area contributed by atoms with Crippen LogP contribution in [-0.4, -0.2) is 34.7 Å². The molecule has 34 heavy (non-hydrogen) atoms. The van der Waals surface area contributed by atoms with Gasteiger partial charge in [-0.3, -0.25) is 19.1 Å². The molecule has 8 heteroatoms. The second-order valence-electron chi connectivity index (χ2n) is 7.76. The summed E-state index contributed by atoms with van der Waals surface area (Å²) in [5.41, 5.74) is 2.28. The Hall–Kier alpha value is -4.20. The average molecular weight is 459 g/mol. The maximum Gasteiger partial charge on any atom is 0.261 e. The van der Waals surface area contributed by atoms with E-state index in [1.54, 1.807) is 24.5 Å². The zero-order valence-corrected chi connectivity index (χ0v) is 19.1. The van der Waals surface area contributed by atoms with E-state index in [2.05, 4.69) is 15.3 Å². The number of aryl methyl sites for hydroxylation is 1. The minimum atomic E-state index is -0.274. The van der Waals surface area contributed by atoms with Crippen molar-refractivity contribution < 1.29 is 14.3 Å². The van der Waals surface area contributed by atoms with Crippen molar-refractivity contribution in [2.45, 2.75) is 25.4 Å². The quantitative estimate of drug-likeness (QED) is 0.413. The Kier molecular flexibility index (Phi) is 7.17. The summed E-state index contributed by atoms with van der Waals surface area (Å²) in [6, 6.07) is 16.6. The van der Waals surface area contributed by atoms with Crippen LogP contribution in [0.25, 0.3) is 10.9 Å². The van der Waals surface area contributed by atoms with Crippen LogP contribution in [0.5, 0.6) is 11.5 Å². The maximum atomic E-state index is 12.9. The van der Waals surface area contributed by atoms with E-state index in [0.29, 0.717) is 35.4 Å². The first kappa shape index (κ1) is 23.0. The lowest BCUT2D eigenvalue weighted by molar-refractivity contribution is -0.121. The lowest BCUT2D eigenvalue weighted by atomic mass is 9.99. The first-order chi connectivity index (χ1) is 16.6. The molecule has 0 aliphatic rings. The highest BCUT2D eigenvalue weighted by molar-refractivity contribution is 5.81. The van der Waals surface area contributed by atoms with Gasteiger partial charge in [0.05, 0.1) is 37.5 Å². The number of nitrogens with zero attached hydrogens (tertiary/aromatic N) is 3. The van der Waals surface area contributed by atoms with E-state index in [0.717, 1.165) is 11.1 Å². The van der Waals surface area contributed by atoms with Gasteiger partial charge in [-0.15, -0.1) is 0 Å². The predicted octanol–water partition coefficient (Wildman–Crippen LogP) is 3.49. The van der Waals surface area contributed by atoms with Gasteiger partial charge in [0, 0.05) is 31.4 Å². The van der Waals surface area contributed by atoms with E-state index in [1.165, 1.54) is 25.1 Å². The molecule has 1 atom stereocenters. The summed E-state index contributed by atoms with van der Waals surface area (Å²) >= 11 is 0. The highest BCUT2D eigenvalue weighted by atomic mass is 16.5. The Bertz CT molecular complexity index is 1280. The zero-order chi connectivity index (χ0) is 23.9. The van der Waals surface area contributed by atoms with E-state index in [4.69, 9.17) is 9.47 Å². The number of ether oxygens (including phenoxy) is 2. The molecule has 0 saturated carbocycles. The smallest absolute Gasteiger partial charge is 0.261 e. The molecule has 0 aliphatic carbocycles. The van der Waals surface area contributed by atoms with Gasteiger partial charge in [-0.25, -0.2) is 4.98 Å². The van der Waals surface area contributed by atoms with Gasteiger partial charge in [0.15, 0.2) is 11.5 Å². The number of carbonyl (C=O) groups is 1. The molecule has 174 valence electrons. The third kappa shape index (κ3) is 5.06. The number of aromatic nitrogens is 3. The van der Waals surface area contributed by atoms with Gasteiger partial charge in [-0.2, -0.15) is 0 Å². The lowest BCUT2D eigenvalue weighted by Gasteiger charge is -2.20. The molecule has 1 N–H and O–H groups in total. The molecule has 0 bridgehead atoms. The number of rotatable bonds is 9. The molecule has 4 aromatic rings. The highest BCUT2D eigenvalue weighted by Gasteiger charge is 2.17. The molecular weight excluding hydrogens is 432 g/mol. The summed E-state index contributed by atoms with van der Waals surface area (Å²) in [5, 5.41) is 3.54. The highest BCUT2D eigenvalue weighted by Crippen LogP contribution is 2.29. The summed E-state index contributed by atoms with van der Waals surface area (Å²) in [6.45, 7) is 0.370. The van der Waals surface area contributed by atoms with Gasteiger partial charge in [-0.05, 0) is 35.7 Å². The van der Waals surface area contributed by atoms with Crippen molar-refractivity contribution in [2.24, 2.45) is 0 Å². The second-order valence-corrected chi connectivity index (χ2v) is 7.76. The van der Waals surface area contributed by atoms with Crippen molar-refractivity contribution in [1.82, 2.24) is 19.9 Å². The van der Waals surface area contributed by atoms with Gasteiger partial charge in [-0.1, -0.05) is 30.3 Å². The SMILES string of the molecule is COc1cc2ncn(CCCC(=O)NC(c3ccccc3)c3ccncc3)c(=O)c2cc1OC. The van der Waals surface area contributed by atoms with E-state index in [1.807, 2.05) is 42.5 Å². The summed E-state index contributed by atoms with van der Waals surface area (Å²) in [4.78, 5) is 34.2.